The van der Waals surface area contributed by atoms with Crippen molar-refractivity contribution >= 4 is 11.6 Å². The highest BCUT2D eigenvalue weighted by Crippen LogP contribution is 2.33. The van der Waals surface area contributed by atoms with Gasteiger partial charge in [-0.2, -0.15) is 5.10 Å². The van der Waals surface area contributed by atoms with Gasteiger partial charge in [-0.25, -0.2) is 0 Å². The number of fused-ring (bicyclic) bond motifs is 1. The minimum absolute atomic E-state index is 0.0827. The Morgan fingerprint density at radius 1 is 1.20 bits per heavy atom. The van der Waals surface area contributed by atoms with Crippen LogP contribution in [0.15, 0.2) is 36.7 Å². The Morgan fingerprint density at radius 2 is 2.04 bits per heavy atom. The van der Waals surface area contributed by atoms with E-state index < -0.39 is 0 Å². The van der Waals surface area contributed by atoms with E-state index in [0.717, 1.165) is 25.2 Å². The number of carbonyl (C=O) groups excluding carboxylic acids is 1. The highest BCUT2D eigenvalue weighted by atomic mass is 16.2. The molecule has 1 atom stereocenters. The van der Waals surface area contributed by atoms with Gasteiger partial charge in [0.2, 0.25) is 5.91 Å². The van der Waals surface area contributed by atoms with Crippen LogP contribution in [0.5, 0.6) is 0 Å². The molecule has 4 rings (SSSR count). The van der Waals surface area contributed by atoms with E-state index in [9.17, 15) is 4.79 Å². The molecule has 0 bridgehead atoms. The SMILES string of the molecule is CC(CC(=O)N1CCc2c(CN3CCCC3)cccc21)n1cccn1. The molecule has 0 N–H and O–H groups in total. The number of rotatable bonds is 5. The van der Waals surface area contributed by atoms with Crippen molar-refractivity contribution in [3.63, 3.8) is 0 Å². The van der Waals surface area contributed by atoms with Gasteiger partial charge in [-0.05, 0) is 62.5 Å². The fourth-order valence-corrected chi connectivity index (χ4v) is 4.09. The largest absolute Gasteiger partial charge is 0.312 e. The van der Waals surface area contributed by atoms with Crippen molar-refractivity contribution in [2.24, 2.45) is 0 Å². The maximum Gasteiger partial charge on any atom is 0.229 e. The van der Waals surface area contributed by atoms with Gasteiger partial charge >= 0.3 is 0 Å². The maximum absolute atomic E-state index is 12.8. The highest BCUT2D eigenvalue weighted by molar-refractivity contribution is 5.95. The van der Waals surface area contributed by atoms with Gasteiger partial charge in [0.05, 0.1) is 6.04 Å². The van der Waals surface area contributed by atoms with Gasteiger partial charge in [-0.3, -0.25) is 14.4 Å². The number of hydrogen-bond donors (Lipinski definition) is 0. The number of likely N-dealkylation sites (tertiary alicyclic amines) is 1. The molecule has 0 saturated carbocycles. The number of amides is 1. The molecular formula is C20H26N4O. The Kier molecular flexibility index (Phi) is 4.57. The second-order valence-corrected chi connectivity index (χ2v) is 7.23. The van der Waals surface area contributed by atoms with Crippen LogP contribution in [0.3, 0.4) is 0 Å². The molecule has 1 fully saturated rings. The van der Waals surface area contributed by atoms with E-state index in [1.807, 2.05) is 28.8 Å². The minimum atomic E-state index is 0.0827. The third kappa shape index (κ3) is 3.33. The summed E-state index contributed by atoms with van der Waals surface area (Å²) >= 11 is 0. The second-order valence-electron chi connectivity index (χ2n) is 7.23. The number of nitrogens with zero attached hydrogens (tertiary/aromatic N) is 4. The summed E-state index contributed by atoms with van der Waals surface area (Å²) in [5, 5.41) is 4.25. The quantitative estimate of drug-likeness (QED) is 0.841. The Hall–Kier alpha value is -2.14. The first-order valence-corrected chi connectivity index (χ1v) is 9.35. The summed E-state index contributed by atoms with van der Waals surface area (Å²) in [7, 11) is 0. The lowest BCUT2D eigenvalue weighted by molar-refractivity contribution is -0.119. The molecule has 25 heavy (non-hydrogen) atoms. The molecular weight excluding hydrogens is 312 g/mol. The molecule has 1 aromatic carbocycles. The third-order valence-corrected chi connectivity index (χ3v) is 5.46. The average Bonchev–Trinajstić information content (AvgIpc) is 3.36. The zero-order chi connectivity index (χ0) is 17.2. The monoisotopic (exact) mass is 338 g/mol. The molecule has 5 heteroatoms. The Morgan fingerprint density at radius 3 is 2.80 bits per heavy atom. The average molecular weight is 338 g/mol. The van der Waals surface area contributed by atoms with Crippen molar-refractivity contribution in [3.05, 3.63) is 47.8 Å². The highest BCUT2D eigenvalue weighted by Gasteiger charge is 2.28. The molecule has 5 nitrogen and oxygen atoms in total. The van der Waals surface area contributed by atoms with Crippen LogP contribution in [-0.2, 0) is 17.8 Å². The molecule has 2 aliphatic heterocycles. The lowest BCUT2D eigenvalue weighted by atomic mass is 10.0. The van der Waals surface area contributed by atoms with Gasteiger partial charge in [0.15, 0.2) is 0 Å². The fourth-order valence-electron chi connectivity index (χ4n) is 4.09. The van der Waals surface area contributed by atoms with Gasteiger partial charge < -0.3 is 4.90 Å². The first-order chi connectivity index (χ1) is 12.2. The Labute approximate surface area is 149 Å². The summed E-state index contributed by atoms with van der Waals surface area (Å²) in [5.74, 6) is 0.195. The molecule has 0 radical (unpaired) electrons. The molecule has 0 spiro atoms. The summed E-state index contributed by atoms with van der Waals surface area (Å²) in [6, 6.07) is 8.42. The summed E-state index contributed by atoms with van der Waals surface area (Å²) in [6.45, 7) is 6.28. The second kappa shape index (κ2) is 7.00. The van der Waals surface area contributed by atoms with Gasteiger partial charge in [0.1, 0.15) is 0 Å². The molecule has 1 amide bonds. The normalized spacial score (nSPS) is 18.5. The fraction of sp³-hybridized carbons (Fsp3) is 0.500. The molecule has 3 heterocycles. The molecule has 1 saturated heterocycles. The van der Waals surface area contributed by atoms with Crippen LogP contribution in [0.2, 0.25) is 0 Å². The number of aromatic nitrogens is 2. The van der Waals surface area contributed by atoms with Crippen LogP contribution in [-0.4, -0.2) is 40.2 Å². The van der Waals surface area contributed by atoms with E-state index in [4.69, 9.17) is 0 Å². The summed E-state index contributed by atoms with van der Waals surface area (Å²) in [6.07, 6.45) is 7.76. The van der Waals surface area contributed by atoms with Crippen molar-refractivity contribution in [3.8, 4) is 0 Å². The standard InChI is InChI=1S/C20H26N4O/c1-16(24-12-5-9-21-24)14-20(25)23-13-8-18-17(6-4-7-19(18)23)15-22-10-2-3-11-22/h4-7,9,12,16H,2-3,8,10-11,13-15H2,1H3. The number of anilines is 1. The summed E-state index contributed by atoms with van der Waals surface area (Å²) < 4.78 is 1.86. The van der Waals surface area contributed by atoms with Gasteiger partial charge in [0.25, 0.3) is 0 Å². The Bertz CT molecular complexity index is 734. The number of carbonyl (C=O) groups is 1. The number of benzene rings is 1. The van der Waals surface area contributed by atoms with Crippen LogP contribution in [0, 0.1) is 0 Å². The van der Waals surface area contributed by atoms with E-state index >= 15 is 0 Å². The maximum atomic E-state index is 12.8. The van der Waals surface area contributed by atoms with E-state index in [2.05, 4.69) is 28.2 Å². The summed E-state index contributed by atoms with van der Waals surface area (Å²) in [4.78, 5) is 17.3. The van der Waals surface area contributed by atoms with Gasteiger partial charge in [-0.1, -0.05) is 12.1 Å². The van der Waals surface area contributed by atoms with Crippen LogP contribution in [0.25, 0.3) is 0 Å². The molecule has 132 valence electrons. The third-order valence-electron chi connectivity index (χ3n) is 5.46. The predicted octanol–water partition coefficient (Wildman–Crippen LogP) is 3.02. The lowest BCUT2D eigenvalue weighted by Crippen LogP contribution is -2.30. The van der Waals surface area contributed by atoms with Crippen molar-refractivity contribution in [1.29, 1.82) is 0 Å². The van der Waals surface area contributed by atoms with Gasteiger partial charge in [0, 0.05) is 37.6 Å². The van der Waals surface area contributed by atoms with E-state index in [1.165, 1.54) is 37.1 Å². The molecule has 2 aliphatic rings. The predicted molar refractivity (Wildman–Crippen MR) is 98.6 cm³/mol. The zero-order valence-electron chi connectivity index (χ0n) is 14.9. The molecule has 0 aliphatic carbocycles. The molecule has 1 aromatic heterocycles. The first kappa shape index (κ1) is 16.3. The van der Waals surface area contributed by atoms with Crippen LogP contribution in [0.1, 0.15) is 43.4 Å². The smallest absolute Gasteiger partial charge is 0.229 e. The van der Waals surface area contributed by atoms with Crippen molar-refractivity contribution < 1.29 is 4.79 Å². The van der Waals surface area contributed by atoms with E-state index in [0.29, 0.717) is 6.42 Å². The van der Waals surface area contributed by atoms with Crippen LogP contribution >= 0.6 is 0 Å². The van der Waals surface area contributed by atoms with E-state index in [1.54, 1.807) is 6.20 Å². The van der Waals surface area contributed by atoms with Crippen LogP contribution in [0.4, 0.5) is 5.69 Å². The minimum Gasteiger partial charge on any atom is -0.312 e. The first-order valence-electron chi connectivity index (χ1n) is 9.35. The topological polar surface area (TPSA) is 41.4 Å². The van der Waals surface area contributed by atoms with Crippen molar-refractivity contribution in [2.75, 3.05) is 24.5 Å². The molecule has 1 unspecified atom stereocenters. The van der Waals surface area contributed by atoms with E-state index in [-0.39, 0.29) is 11.9 Å². The lowest BCUT2D eigenvalue weighted by Gasteiger charge is -2.21. The number of hydrogen-bond acceptors (Lipinski definition) is 3. The van der Waals surface area contributed by atoms with Crippen molar-refractivity contribution in [2.45, 2.75) is 45.2 Å². The Balaban J connectivity index is 1.48. The zero-order valence-corrected chi connectivity index (χ0v) is 14.9. The van der Waals surface area contributed by atoms with Crippen molar-refractivity contribution in [1.82, 2.24) is 14.7 Å². The van der Waals surface area contributed by atoms with Gasteiger partial charge in [-0.15, -0.1) is 0 Å². The van der Waals surface area contributed by atoms with Crippen LogP contribution < -0.4 is 4.90 Å². The summed E-state index contributed by atoms with van der Waals surface area (Å²) in [5.41, 5.74) is 3.89. The molecule has 2 aromatic rings.